The highest BCUT2D eigenvalue weighted by Crippen LogP contribution is 2.38. The number of anilines is 1. The number of aromatic nitrogens is 2. The van der Waals surface area contributed by atoms with Crippen LogP contribution in [0, 0.1) is 11.6 Å². The Bertz CT molecular complexity index is 634. The van der Waals surface area contributed by atoms with Crippen molar-refractivity contribution in [1.29, 1.82) is 0 Å². The molecule has 2 aromatic rings. The zero-order chi connectivity index (χ0) is 14.1. The molecular weight excluding hydrogens is 264 g/mol. The zero-order valence-electron chi connectivity index (χ0n) is 10.4. The molecule has 0 radical (unpaired) electrons. The molecule has 0 spiro atoms. The highest BCUT2D eigenvalue weighted by atomic mass is 19.1. The van der Waals surface area contributed by atoms with Crippen molar-refractivity contribution < 1.29 is 13.6 Å². The molecule has 0 unspecified atom stereocenters. The van der Waals surface area contributed by atoms with Crippen LogP contribution >= 0.6 is 0 Å². The fraction of sp³-hybridized carbons (Fsp3) is 0.214. The van der Waals surface area contributed by atoms with E-state index in [0.29, 0.717) is 5.92 Å². The van der Waals surface area contributed by atoms with Gasteiger partial charge in [0.15, 0.2) is 5.69 Å². The van der Waals surface area contributed by atoms with Crippen molar-refractivity contribution >= 4 is 11.6 Å². The van der Waals surface area contributed by atoms with Crippen LogP contribution in [0.2, 0.25) is 0 Å². The van der Waals surface area contributed by atoms with Gasteiger partial charge in [0.1, 0.15) is 17.3 Å². The molecular formula is C14H11F2N3O. The van der Waals surface area contributed by atoms with E-state index in [0.717, 1.165) is 30.7 Å². The molecule has 0 bridgehead atoms. The third-order valence-corrected chi connectivity index (χ3v) is 3.11. The average molecular weight is 275 g/mol. The van der Waals surface area contributed by atoms with Crippen LogP contribution in [0.5, 0.6) is 0 Å². The molecule has 1 aromatic heterocycles. The minimum Gasteiger partial charge on any atom is -0.316 e. The van der Waals surface area contributed by atoms with Crippen LogP contribution in [0.25, 0.3) is 0 Å². The summed E-state index contributed by atoms with van der Waals surface area (Å²) < 4.78 is 26.8. The first-order chi connectivity index (χ1) is 9.65. The predicted octanol–water partition coefficient (Wildman–Crippen LogP) is 2.88. The van der Waals surface area contributed by atoms with Crippen LogP contribution in [-0.2, 0) is 0 Å². The number of nitrogens with zero attached hydrogens (tertiary/aromatic N) is 2. The molecule has 1 amide bonds. The molecule has 3 rings (SSSR count). The van der Waals surface area contributed by atoms with Crippen molar-refractivity contribution in [2.24, 2.45) is 0 Å². The van der Waals surface area contributed by atoms with E-state index in [2.05, 4.69) is 15.5 Å². The van der Waals surface area contributed by atoms with Gasteiger partial charge in [-0.15, -0.1) is 5.10 Å². The predicted molar refractivity (Wildman–Crippen MR) is 68.3 cm³/mol. The summed E-state index contributed by atoms with van der Waals surface area (Å²) in [5.74, 6) is -1.92. The standard InChI is InChI=1S/C14H11F2N3O/c15-9-2-1-3-10(16)13(9)17-14(20)12-7-6-11(18-19-12)8-4-5-8/h1-3,6-8H,4-5H2,(H,17,20). The summed E-state index contributed by atoms with van der Waals surface area (Å²) in [6.45, 7) is 0. The zero-order valence-corrected chi connectivity index (χ0v) is 10.4. The van der Waals surface area contributed by atoms with Gasteiger partial charge in [0.2, 0.25) is 0 Å². The molecule has 20 heavy (non-hydrogen) atoms. The number of hydrogen-bond donors (Lipinski definition) is 1. The second kappa shape index (κ2) is 4.96. The van der Waals surface area contributed by atoms with Crippen LogP contribution in [0.15, 0.2) is 30.3 Å². The topological polar surface area (TPSA) is 54.9 Å². The summed E-state index contributed by atoms with van der Waals surface area (Å²) in [5, 5.41) is 9.91. The Morgan fingerprint density at radius 3 is 2.35 bits per heavy atom. The molecule has 1 saturated carbocycles. The number of carbonyl (C=O) groups excluding carboxylic acids is 1. The van der Waals surface area contributed by atoms with Crippen LogP contribution in [-0.4, -0.2) is 16.1 Å². The Morgan fingerprint density at radius 1 is 1.10 bits per heavy atom. The maximum absolute atomic E-state index is 13.4. The maximum Gasteiger partial charge on any atom is 0.276 e. The molecule has 1 aliphatic rings. The molecule has 6 heteroatoms. The van der Waals surface area contributed by atoms with Gasteiger partial charge in [-0.25, -0.2) is 8.78 Å². The number of para-hydroxylation sites is 1. The Morgan fingerprint density at radius 2 is 1.80 bits per heavy atom. The molecule has 1 fully saturated rings. The van der Waals surface area contributed by atoms with Gasteiger partial charge in [0, 0.05) is 5.92 Å². The number of hydrogen-bond acceptors (Lipinski definition) is 3. The number of benzene rings is 1. The lowest BCUT2D eigenvalue weighted by atomic mass is 10.2. The number of carbonyl (C=O) groups is 1. The quantitative estimate of drug-likeness (QED) is 0.937. The first-order valence-corrected chi connectivity index (χ1v) is 6.24. The monoisotopic (exact) mass is 275 g/mol. The summed E-state index contributed by atoms with van der Waals surface area (Å²) in [6.07, 6.45) is 2.17. The van der Waals surface area contributed by atoms with Gasteiger partial charge in [-0.05, 0) is 37.1 Å². The van der Waals surface area contributed by atoms with Gasteiger partial charge in [0.05, 0.1) is 5.69 Å². The van der Waals surface area contributed by atoms with Gasteiger partial charge in [-0.2, -0.15) is 5.10 Å². The average Bonchev–Trinajstić information content (AvgIpc) is 3.28. The Hall–Kier alpha value is -2.37. The maximum atomic E-state index is 13.4. The summed E-state index contributed by atoms with van der Waals surface area (Å²) >= 11 is 0. The van der Waals surface area contributed by atoms with Crippen molar-refractivity contribution in [3.05, 3.63) is 53.4 Å². The summed E-state index contributed by atoms with van der Waals surface area (Å²) in [7, 11) is 0. The molecule has 0 atom stereocenters. The van der Waals surface area contributed by atoms with E-state index < -0.39 is 23.2 Å². The summed E-state index contributed by atoms with van der Waals surface area (Å²) in [5.41, 5.74) is 0.390. The third-order valence-electron chi connectivity index (χ3n) is 3.11. The molecule has 1 aliphatic carbocycles. The molecule has 0 aliphatic heterocycles. The first-order valence-electron chi connectivity index (χ1n) is 6.24. The smallest absolute Gasteiger partial charge is 0.276 e. The van der Waals surface area contributed by atoms with Gasteiger partial charge < -0.3 is 5.32 Å². The normalized spacial score (nSPS) is 14.1. The van der Waals surface area contributed by atoms with Crippen LogP contribution < -0.4 is 5.32 Å². The molecule has 1 aromatic carbocycles. The van der Waals surface area contributed by atoms with E-state index in [-0.39, 0.29) is 5.69 Å². The van der Waals surface area contributed by atoms with Gasteiger partial charge >= 0.3 is 0 Å². The SMILES string of the molecule is O=C(Nc1c(F)cccc1F)c1ccc(C2CC2)nn1. The summed E-state index contributed by atoms with van der Waals surface area (Å²) in [6, 6.07) is 6.59. The largest absolute Gasteiger partial charge is 0.316 e. The molecule has 102 valence electrons. The molecule has 4 nitrogen and oxygen atoms in total. The van der Waals surface area contributed by atoms with Crippen molar-refractivity contribution in [2.75, 3.05) is 5.32 Å². The molecule has 1 N–H and O–H groups in total. The summed E-state index contributed by atoms with van der Waals surface area (Å²) in [4.78, 5) is 11.9. The van der Waals surface area contributed by atoms with Gasteiger partial charge in [-0.1, -0.05) is 6.07 Å². The van der Waals surface area contributed by atoms with Crippen LogP contribution in [0.4, 0.5) is 14.5 Å². The van der Waals surface area contributed by atoms with Gasteiger partial charge in [-0.3, -0.25) is 4.79 Å². The Balaban J connectivity index is 1.78. The number of halogens is 2. The van der Waals surface area contributed by atoms with Crippen LogP contribution in [0.1, 0.15) is 34.9 Å². The molecule has 1 heterocycles. The second-order valence-electron chi connectivity index (χ2n) is 4.67. The van der Waals surface area contributed by atoms with E-state index >= 15 is 0 Å². The van der Waals surface area contributed by atoms with Crippen molar-refractivity contribution in [1.82, 2.24) is 10.2 Å². The van der Waals surface area contributed by atoms with E-state index in [4.69, 9.17) is 0 Å². The van der Waals surface area contributed by atoms with Crippen molar-refractivity contribution in [3.63, 3.8) is 0 Å². The van der Waals surface area contributed by atoms with Gasteiger partial charge in [0.25, 0.3) is 5.91 Å². The molecule has 0 saturated heterocycles. The third kappa shape index (κ3) is 2.49. The first kappa shape index (κ1) is 12.7. The van der Waals surface area contributed by atoms with E-state index in [1.165, 1.54) is 12.1 Å². The number of amides is 1. The fourth-order valence-corrected chi connectivity index (χ4v) is 1.86. The Kier molecular flexibility index (Phi) is 3.14. The number of nitrogens with one attached hydrogen (secondary N) is 1. The Labute approximate surface area is 113 Å². The second-order valence-corrected chi connectivity index (χ2v) is 4.67. The lowest BCUT2D eigenvalue weighted by molar-refractivity contribution is 0.102. The minimum absolute atomic E-state index is 0.0250. The van der Waals surface area contributed by atoms with Crippen molar-refractivity contribution in [3.8, 4) is 0 Å². The number of rotatable bonds is 3. The highest BCUT2D eigenvalue weighted by Gasteiger charge is 2.25. The van der Waals surface area contributed by atoms with Crippen molar-refractivity contribution in [2.45, 2.75) is 18.8 Å². The lowest BCUT2D eigenvalue weighted by Gasteiger charge is -2.06. The fourth-order valence-electron chi connectivity index (χ4n) is 1.86. The van der Waals surface area contributed by atoms with Crippen LogP contribution in [0.3, 0.4) is 0 Å². The van der Waals surface area contributed by atoms with E-state index in [1.54, 1.807) is 6.07 Å². The lowest BCUT2D eigenvalue weighted by Crippen LogP contribution is -2.16. The highest BCUT2D eigenvalue weighted by molar-refractivity contribution is 6.02. The van der Waals surface area contributed by atoms with E-state index in [9.17, 15) is 13.6 Å². The van der Waals surface area contributed by atoms with E-state index in [1.807, 2.05) is 0 Å². The minimum atomic E-state index is -0.832.